The van der Waals surface area contributed by atoms with Gasteiger partial charge in [-0.1, -0.05) is 69.7 Å². The van der Waals surface area contributed by atoms with Crippen molar-refractivity contribution in [3.05, 3.63) is 56.2 Å². The van der Waals surface area contributed by atoms with Gasteiger partial charge < -0.3 is 15.4 Å². The zero-order valence-corrected chi connectivity index (χ0v) is 25.9. The van der Waals surface area contributed by atoms with Gasteiger partial charge in [-0.15, -0.1) is 0 Å². The number of nitriles is 1. The van der Waals surface area contributed by atoms with Gasteiger partial charge in [-0.3, -0.25) is 18.7 Å². The van der Waals surface area contributed by atoms with Crippen LogP contribution in [0, 0.1) is 29.1 Å². The molecule has 0 bridgehead atoms. The molecule has 0 aliphatic heterocycles. The Labute approximate surface area is 262 Å². The van der Waals surface area contributed by atoms with E-state index in [0.717, 1.165) is 51.4 Å². The number of aliphatic carboxylic acids is 1. The Morgan fingerprint density at radius 1 is 1.04 bits per heavy atom. The SMILES string of the molecule is CCCn1c(=O)n(CC2CCCCC2)c(=O)c2[nH]c(-c3ccc(C=C(C(=O)O)C(C#N)C(=O)NCC4CCCCC4)cc3)nc21. The van der Waals surface area contributed by atoms with E-state index in [1.165, 1.54) is 23.5 Å². The lowest BCUT2D eigenvalue weighted by Gasteiger charge is -2.22. The van der Waals surface area contributed by atoms with Crippen LogP contribution in [0.15, 0.2) is 39.4 Å². The first kappa shape index (κ1) is 31.9. The zero-order chi connectivity index (χ0) is 31.9. The van der Waals surface area contributed by atoms with Gasteiger partial charge in [0.2, 0.25) is 5.91 Å². The number of aromatic nitrogens is 4. The van der Waals surface area contributed by atoms with Crippen molar-refractivity contribution in [3.63, 3.8) is 0 Å². The summed E-state index contributed by atoms with van der Waals surface area (Å²) in [4.78, 5) is 59.7. The third-order valence-corrected chi connectivity index (χ3v) is 9.22. The minimum atomic E-state index is -1.45. The molecule has 45 heavy (non-hydrogen) atoms. The average Bonchev–Trinajstić information content (AvgIpc) is 3.51. The summed E-state index contributed by atoms with van der Waals surface area (Å²) in [5.41, 5.74) is 0.701. The van der Waals surface area contributed by atoms with Gasteiger partial charge >= 0.3 is 11.7 Å². The molecular weight excluding hydrogens is 572 g/mol. The van der Waals surface area contributed by atoms with Gasteiger partial charge in [-0.05, 0) is 55.6 Å². The van der Waals surface area contributed by atoms with Crippen LogP contribution >= 0.6 is 0 Å². The minimum Gasteiger partial charge on any atom is -0.478 e. The highest BCUT2D eigenvalue weighted by molar-refractivity contribution is 6.01. The Hall–Kier alpha value is -4.46. The lowest BCUT2D eigenvalue weighted by molar-refractivity contribution is -0.134. The molecule has 2 fully saturated rings. The summed E-state index contributed by atoms with van der Waals surface area (Å²) >= 11 is 0. The van der Waals surface area contributed by atoms with Gasteiger partial charge in [-0.25, -0.2) is 14.6 Å². The number of hydrogen-bond donors (Lipinski definition) is 3. The van der Waals surface area contributed by atoms with E-state index in [1.807, 2.05) is 13.0 Å². The highest BCUT2D eigenvalue weighted by Gasteiger charge is 2.28. The quantitative estimate of drug-likeness (QED) is 0.260. The normalized spacial score (nSPS) is 17.2. The van der Waals surface area contributed by atoms with Crippen molar-refractivity contribution < 1.29 is 14.7 Å². The van der Waals surface area contributed by atoms with Crippen LogP contribution in [-0.2, 0) is 22.7 Å². The topological polar surface area (TPSA) is 163 Å². The third kappa shape index (κ3) is 7.27. The number of nitrogens with zero attached hydrogens (tertiary/aromatic N) is 4. The van der Waals surface area contributed by atoms with E-state index in [1.54, 1.807) is 28.8 Å². The second kappa shape index (κ2) is 14.5. The molecule has 1 amide bonds. The van der Waals surface area contributed by atoms with Crippen LogP contribution in [0.2, 0.25) is 0 Å². The molecule has 238 valence electrons. The van der Waals surface area contributed by atoms with Crippen molar-refractivity contribution in [2.24, 2.45) is 17.8 Å². The van der Waals surface area contributed by atoms with E-state index >= 15 is 0 Å². The van der Waals surface area contributed by atoms with E-state index in [2.05, 4.69) is 15.3 Å². The summed E-state index contributed by atoms with van der Waals surface area (Å²) in [5, 5.41) is 22.4. The van der Waals surface area contributed by atoms with Crippen molar-refractivity contribution in [3.8, 4) is 17.5 Å². The molecule has 11 nitrogen and oxygen atoms in total. The number of H-pyrrole nitrogens is 1. The van der Waals surface area contributed by atoms with Crippen LogP contribution in [-0.4, -0.2) is 42.6 Å². The van der Waals surface area contributed by atoms with Crippen molar-refractivity contribution in [1.82, 2.24) is 24.4 Å². The van der Waals surface area contributed by atoms with Gasteiger partial charge in [0.05, 0.1) is 11.6 Å². The molecule has 0 saturated heterocycles. The van der Waals surface area contributed by atoms with Gasteiger partial charge in [0, 0.05) is 25.2 Å². The number of carbonyl (C=O) groups excluding carboxylic acids is 1. The standard InChI is InChI=1S/C34H42N6O5/c1-2-17-39-30-28(32(42)40(34(39)45)21-24-11-7-4-8-12-24)37-29(38-30)25-15-13-22(14-16-25)18-26(33(43)44)27(19-35)31(41)36-20-23-9-5-3-6-10-23/h13-16,18,23-24,27H,2-12,17,20-21H2,1H3,(H,36,41)(H,37,38)(H,43,44). The summed E-state index contributed by atoms with van der Waals surface area (Å²) in [7, 11) is 0. The highest BCUT2D eigenvalue weighted by Crippen LogP contribution is 2.26. The molecule has 2 aliphatic carbocycles. The molecule has 11 heteroatoms. The van der Waals surface area contributed by atoms with Crippen LogP contribution in [0.5, 0.6) is 0 Å². The first-order chi connectivity index (χ1) is 21.8. The number of imidazole rings is 1. The average molecular weight is 615 g/mol. The molecule has 2 saturated carbocycles. The van der Waals surface area contributed by atoms with Gasteiger partial charge in [0.1, 0.15) is 11.3 Å². The van der Waals surface area contributed by atoms with E-state index in [9.17, 15) is 29.5 Å². The van der Waals surface area contributed by atoms with Crippen molar-refractivity contribution in [2.45, 2.75) is 90.6 Å². The van der Waals surface area contributed by atoms with Gasteiger partial charge in [-0.2, -0.15) is 5.26 Å². The van der Waals surface area contributed by atoms with E-state index in [4.69, 9.17) is 0 Å². The fourth-order valence-corrected chi connectivity index (χ4v) is 6.71. The smallest absolute Gasteiger partial charge is 0.333 e. The van der Waals surface area contributed by atoms with Crippen LogP contribution in [0.25, 0.3) is 28.6 Å². The Morgan fingerprint density at radius 3 is 2.29 bits per heavy atom. The number of carboxylic acid groups (broad SMARTS) is 1. The molecular formula is C34H42N6O5. The maximum Gasteiger partial charge on any atom is 0.333 e. The van der Waals surface area contributed by atoms with E-state index < -0.39 is 17.8 Å². The first-order valence-corrected chi connectivity index (χ1v) is 16.3. The third-order valence-electron chi connectivity index (χ3n) is 9.22. The van der Waals surface area contributed by atoms with Crippen molar-refractivity contribution >= 4 is 29.1 Å². The predicted molar refractivity (Wildman–Crippen MR) is 171 cm³/mol. The van der Waals surface area contributed by atoms with Gasteiger partial charge in [0.25, 0.3) is 5.56 Å². The summed E-state index contributed by atoms with van der Waals surface area (Å²) in [6, 6.07) is 8.63. The molecule has 2 aromatic heterocycles. The second-order valence-electron chi connectivity index (χ2n) is 12.5. The van der Waals surface area contributed by atoms with Crippen LogP contribution in [0.1, 0.15) is 83.1 Å². The number of nitrogens with one attached hydrogen (secondary N) is 2. The molecule has 5 rings (SSSR count). The fraction of sp³-hybridized carbons (Fsp3) is 0.529. The maximum atomic E-state index is 13.5. The number of hydrogen-bond acceptors (Lipinski definition) is 6. The monoisotopic (exact) mass is 614 g/mol. The summed E-state index contributed by atoms with van der Waals surface area (Å²) < 4.78 is 2.92. The Kier molecular flexibility index (Phi) is 10.3. The van der Waals surface area contributed by atoms with Crippen LogP contribution < -0.4 is 16.6 Å². The Bertz CT molecular complexity index is 1710. The number of aryl methyl sites for hydroxylation is 1. The molecule has 1 unspecified atom stereocenters. The number of carbonyl (C=O) groups is 2. The Morgan fingerprint density at radius 2 is 1.69 bits per heavy atom. The predicted octanol–water partition coefficient (Wildman–Crippen LogP) is 4.85. The number of amides is 1. The molecule has 1 atom stereocenters. The number of benzene rings is 1. The Balaban J connectivity index is 1.40. The second-order valence-corrected chi connectivity index (χ2v) is 12.5. The molecule has 0 radical (unpaired) electrons. The van der Waals surface area contributed by atoms with Gasteiger partial charge in [0.15, 0.2) is 11.6 Å². The van der Waals surface area contributed by atoms with E-state index in [-0.39, 0.29) is 22.3 Å². The van der Waals surface area contributed by atoms with Crippen LogP contribution in [0.3, 0.4) is 0 Å². The molecule has 3 N–H and O–H groups in total. The number of carboxylic acids is 1. The zero-order valence-electron chi connectivity index (χ0n) is 25.9. The van der Waals surface area contributed by atoms with Crippen LogP contribution in [0.4, 0.5) is 0 Å². The van der Waals surface area contributed by atoms with Crippen molar-refractivity contribution in [1.29, 1.82) is 5.26 Å². The molecule has 3 aromatic rings. The lowest BCUT2D eigenvalue weighted by Crippen LogP contribution is -2.41. The summed E-state index contributed by atoms with van der Waals surface area (Å²) in [6.45, 7) is 3.24. The molecule has 1 aromatic carbocycles. The minimum absolute atomic E-state index is 0.280. The lowest BCUT2D eigenvalue weighted by atomic mass is 9.89. The molecule has 2 heterocycles. The maximum absolute atomic E-state index is 13.5. The largest absolute Gasteiger partial charge is 0.478 e. The summed E-state index contributed by atoms with van der Waals surface area (Å²) in [5.74, 6) is -2.34. The number of fused-ring (bicyclic) bond motifs is 1. The molecule has 0 spiro atoms. The molecule has 2 aliphatic rings. The first-order valence-electron chi connectivity index (χ1n) is 16.3. The number of aromatic amines is 1. The summed E-state index contributed by atoms with van der Waals surface area (Å²) in [6.07, 6.45) is 12.9. The van der Waals surface area contributed by atoms with E-state index in [0.29, 0.717) is 60.5 Å². The fourth-order valence-electron chi connectivity index (χ4n) is 6.71. The van der Waals surface area contributed by atoms with Crippen molar-refractivity contribution in [2.75, 3.05) is 6.54 Å². The number of rotatable bonds is 11. The highest BCUT2D eigenvalue weighted by atomic mass is 16.4.